The Bertz CT molecular complexity index is 1100. The van der Waals surface area contributed by atoms with Crippen LogP contribution in [0.2, 0.25) is 5.02 Å². The maximum absolute atomic E-state index is 12.9. The molecular formula is C22H25ClN4O3. The van der Waals surface area contributed by atoms with Gasteiger partial charge in [0.25, 0.3) is 5.56 Å². The lowest BCUT2D eigenvalue weighted by molar-refractivity contribution is -0.120. The van der Waals surface area contributed by atoms with Gasteiger partial charge in [-0.2, -0.15) is 0 Å². The second kappa shape index (κ2) is 9.73. The molecule has 0 fully saturated rings. The Balaban J connectivity index is 1.67. The van der Waals surface area contributed by atoms with Crippen molar-refractivity contribution in [1.82, 2.24) is 15.0 Å². The van der Waals surface area contributed by atoms with Crippen LogP contribution in [0.3, 0.4) is 0 Å². The summed E-state index contributed by atoms with van der Waals surface area (Å²) in [5.74, 6) is 0.484. The number of aromatic nitrogens is 2. The van der Waals surface area contributed by atoms with Gasteiger partial charge in [-0.1, -0.05) is 22.8 Å². The Morgan fingerprint density at radius 2 is 2.03 bits per heavy atom. The van der Waals surface area contributed by atoms with E-state index in [2.05, 4.69) is 10.5 Å². The first kappa shape index (κ1) is 21.8. The molecule has 0 aliphatic carbocycles. The molecule has 7 nitrogen and oxygen atoms in total. The SMILES string of the molecule is Cc1cc(CCn2ccc(C)c(CC(=O)NCc3cc(Cl)ccc3CN)c2=O)on1. The van der Waals surface area contributed by atoms with Gasteiger partial charge in [-0.3, -0.25) is 9.59 Å². The van der Waals surface area contributed by atoms with E-state index in [0.29, 0.717) is 36.6 Å². The quantitative estimate of drug-likeness (QED) is 0.574. The number of rotatable bonds is 8. The summed E-state index contributed by atoms with van der Waals surface area (Å²) in [5, 5.41) is 7.30. The maximum Gasteiger partial charge on any atom is 0.254 e. The summed E-state index contributed by atoms with van der Waals surface area (Å²) in [5.41, 5.74) is 9.42. The average Bonchev–Trinajstić information content (AvgIpc) is 3.14. The first-order valence-electron chi connectivity index (χ1n) is 9.72. The van der Waals surface area contributed by atoms with Crippen LogP contribution in [0.5, 0.6) is 0 Å². The molecule has 158 valence electrons. The highest BCUT2D eigenvalue weighted by Crippen LogP contribution is 2.16. The molecule has 3 rings (SSSR count). The van der Waals surface area contributed by atoms with Crippen LogP contribution in [0.25, 0.3) is 0 Å². The predicted molar refractivity (Wildman–Crippen MR) is 115 cm³/mol. The van der Waals surface area contributed by atoms with Gasteiger partial charge < -0.3 is 20.1 Å². The summed E-state index contributed by atoms with van der Waals surface area (Å²) in [6.45, 7) is 4.79. The number of pyridine rings is 1. The highest BCUT2D eigenvalue weighted by Gasteiger charge is 2.13. The Hall–Kier alpha value is -2.90. The number of nitrogens with one attached hydrogen (secondary N) is 1. The molecule has 1 amide bonds. The summed E-state index contributed by atoms with van der Waals surface area (Å²) in [4.78, 5) is 25.4. The Morgan fingerprint density at radius 1 is 1.23 bits per heavy atom. The van der Waals surface area contributed by atoms with E-state index in [1.807, 2.05) is 32.0 Å². The maximum atomic E-state index is 12.9. The summed E-state index contributed by atoms with van der Waals surface area (Å²) in [6, 6.07) is 9.10. The molecule has 0 unspecified atom stereocenters. The fourth-order valence-corrected chi connectivity index (χ4v) is 3.44. The van der Waals surface area contributed by atoms with Gasteiger partial charge in [0.1, 0.15) is 5.76 Å². The first-order valence-corrected chi connectivity index (χ1v) is 10.1. The molecule has 0 saturated heterocycles. The molecule has 8 heteroatoms. The van der Waals surface area contributed by atoms with Crippen LogP contribution in [0.15, 0.2) is 45.8 Å². The molecule has 30 heavy (non-hydrogen) atoms. The van der Waals surface area contributed by atoms with Gasteiger partial charge in [-0.25, -0.2) is 0 Å². The van der Waals surface area contributed by atoms with Gasteiger partial charge >= 0.3 is 0 Å². The third kappa shape index (κ3) is 5.37. The normalized spacial score (nSPS) is 10.9. The van der Waals surface area contributed by atoms with Crippen molar-refractivity contribution in [3.05, 3.63) is 85.6 Å². The predicted octanol–water partition coefficient (Wildman–Crippen LogP) is 2.67. The van der Waals surface area contributed by atoms with Crippen molar-refractivity contribution in [3.8, 4) is 0 Å². The number of amides is 1. The van der Waals surface area contributed by atoms with Crippen molar-refractivity contribution in [3.63, 3.8) is 0 Å². The zero-order chi connectivity index (χ0) is 21.7. The number of carbonyl (C=O) groups excluding carboxylic acids is 1. The van der Waals surface area contributed by atoms with Gasteiger partial charge in [0.05, 0.1) is 12.1 Å². The number of nitrogens with zero attached hydrogens (tertiary/aromatic N) is 2. The third-order valence-corrected chi connectivity index (χ3v) is 5.21. The molecule has 3 aromatic rings. The molecule has 0 atom stereocenters. The van der Waals surface area contributed by atoms with Crippen molar-refractivity contribution < 1.29 is 9.32 Å². The molecule has 2 heterocycles. The van der Waals surface area contributed by atoms with E-state index >= 15 is 0 Å². The molecule has 0 bridgehead atoms. The summed E-state index contributed by atoms with van der Waals surface area (Å²) >= 11 is 6.04. The Morgan fingerprint density at radius 3 is 2.73 bits per heavy atom. The number of halogens is 1. The third-order valence-electron chi connectivity index (χ3n) is 4.98. The molecule has 3 N–H and O–H groups in total. The lowest BCUT2D eigenvalue weighted by Gasteiger charge is -2.12. The smallest absolute Gasteiger partial charge is 0.254 e. The zero-order valence-corrected chi connectivity index (χ0v) is 17.8. The van der Waals surface area contributed by atoms with Crippen molar-refractivity contribution in [2.24, 2.45) is 5.73 Å². The van der Waals surface area contributed by atoms with E-state index < -0.39 is 0 Å². The fraction of sp³-hybridized carbons (Fsp3) is 0.318. The molecule has 0 aliphatic rings. The number of carbonyl (C=O) groups is 1. The Labute approximate surface area is 179 Å². The highest BCUT2D eigenvalue weighted by molar-refractivity contribution is 6.30. The van der Waals surface area contributed by atoms with Crippen LogP contribution in [0, 0.1) is 13.8 Å². The number of hydrogen-bond acceptors (Lipinski definition) is 5. The number of nitrogens with two attached hydrogens (primary N) is 1. The minimum Gasteiger partial charge on any atom is -0.361 e. The topological polar surface area (TPSA) is 103 Å². The number of aryl methyl sites for hydroxylation is 4. The van der Waals surface area contributed by atoms with Gasteiger partial charge in [0.15, 0.2) is 0 Å². The second-order valence-electron chi connectivity index (χ2n) is 7.23. The van der Waals surface area contributed by atoms with Crippen LogP contribution < -0.4 is 16.6 Å². The van der Waals surface area contributed by atoms with E-state index in [4.69, 9.17) is 21.9 Å². The summed E-state index contributed by atoms with van der Waals surface area (Å²) < 4.78 is 6.79. The number of benzene rings is 1. The minimum atomic E-state index is -0.234. The molecule has 0 aliphatic heterocycles. The summed E-state index contributed by atoms with van der Waals surface area (Å²) in [6.07, 6.45) is 2.29. The van der Waals surface area contributed by atoms with Gasteiger partial charge in [-0.05, 0) is 48.7 Å². The summed E-state index contributed by atoms with van der Waals surface area (Å²) in [7, 11) is 0. The standard InChI is InChI=1S/C22H25ClN4O3/c1-14-5-7-27(8-6-19-9-15(2)26-30-19)22(29)20(14)11-21(28)25-13-17-10-18(23)4-3-16(17)12-24/h3-5,7,9-10H,6,8,11-13,24H2,1-2H3,(H,25,28). The van der Waals surface area contributed by atoms with Crippen molar-refractivity contribution >= 4 is 17.5 Å². The fourth-order valence-electron chi connectivity index (χ4n) is 3.24. The molecule has 0 radical (unpaired) electrons. The molecule has 1 aromatic carbocycles. The van der Waals surface area contributed by atoms with Gasteiger partial charge in [-0.15, -0.1) is 0 Å². The van der Waals surface area contributed by atoms with Gasteiger partial charge in [0, 0.05) is 48.9 Å². The van der Waals surface area contributed by atoms with E-state index in [1.165, 1.54) is 0 Å². The zero-order valence-electron chi connectivity index (χ0n) is 17.1. The average molecular weight is 429 g/mol. The number of hydrogen-bond donors (Lipinski definition) is 2. The first-order chi connectivity index (χ1) is 14.4. The van der Waals surface area contributed by atoms with Crippen molar-refractivity contribution in [2.75, 3.05) is 0 Å². The van der Waals surface area contributed by atoms with Gasteiger partial charge in [0.2, 0.25) is 5.91 Å². The van der Waals surface area contributed by atoms with E-state index in [-0.39, 0.29) is 17.9 Å². The second-order valence-corrected chi connectivity index (χ2v) is 7.67. The van der Waals surface area contributed by atoms with Crippen molar-refractivity contribution in [1.29, 1.82) is 0 Å². The Kier molecular flexibility index (Phi) is 7.07. The van der Waals surface area contributed by atoms with Crippen LogP contribution >= 0.6 is 11.6 Å². The van der Waals surface area contributed by atoms with E-state index in [9.17, 15) is 9.59 Å². The minimum absolute atomic E-state index is 0.00540. The van der Waals surface area contributed by atoms with Crippen molar-refractivity contribution in [2.45, 2.75) is 46.3 Å². The van der Waals surface area contributed by atoms with Crippen LogP contribution in [-0.2, 0) is 37.3 Å². The van der Waals surface area contributed by atoms with Crippen LogP contribution in [0.4, 0.5) is 0 Å². The largest absolute Gasteiger partial charge is 0.361 e. The highest BCUT2D eigenvalue weighted by atomic mass is 35.5. The van der Waals surface area contributed by atoms with Crippen LogP contribution in [-0.4, -0.2) is 15.6 Å². The van der Waals surface area contributed by atoms with Crippen LogP contribution in [0.1, 0.15) is 33.7 Å². The molecule has 2 aromatic heterocycles. The van der Waals surface area contributed by atoms with E-state index in [1.54, 1.807) is 22.9 Å². The van der Waals surface area contributed by atoms with E-state index in [0.717, 1.165) is 28.1 Å². The lowest BCUT2D eigenvalue weighted by atomic mass is 10.1. The molecule has 0 spiro atoms. The lowest BCUT2D eigenvalue weighted by Crippen LogP contribution is -2.31. The molecular weight excluding hydrogens is 404 g/mol. The monoisotopic (exact) mass is 428 g/mol. The molecule has 0 saturated carbocycles.